The van der Waals surface area contributed by atoms with E-state index in [1.165, 1.54) is 0 Å². The molecule has 1 aliphatic heterocycles. The molecule has 1 amide bonds. The Morgan fingerprint density at radius 3 is 2.29 bits per heavy atom. The Labute approximate surface area is 128 Å². The van der Waals surface area contributed by atoms with Crippen molar-refractivity contribution in [2.24, 2.45) is 0 Å². The molecular formula is C15H27BNO4. The fourth-order valence-electron chi connectivity index (χ4n) is 1.50. The van der Waals surface area contributed by atoms with Crippen LogP contribution in [0.1, 0.15) is 48.5 Å². The van der Waals surface area contributed by atoms with E-state index >= 15 is 0 Å². The molecule has 1 radical (unpaired) electrons. The molecule has 0 atom stereocenters. The molecule has 1 N–H and O–H groups in total. The molecule has 0 aromatic rings. The highest BCUT2D eigenvalue weighted by Crippen LogP contribution is 2.25. The van der Waals surface area contributed by atoms with Crippen LogP contribution in [-0.4, -0.2) is 53.5 Å². The molecule has 0 aliphatic carbocycles. The predicted octanol–water partition coefficient (Wildman–Crippen LogP) is 2.31. The molecular weight excluding hydrogens is 269 g/mol. The molecule has 1 rings (SSSR count). The summed E-state index contributed by atoms with van der Waals surface area (Å²) >= 11 is 0. The van der Waals surface area contributed by atoms with Gasteiger partial charge >= 0.3 is 13.6 Å². The monoisotopic (exact) mass is 296 g/mol. The summed E-state index contributed by atoms with van der Waals surface area (Å²) in [5.74, 6) is 0. The van der Waals surface area contributed by atoms with E-state index in [0.29, 0.717) is 13.1 Å². The highest BCUT2D eigenvalue weighted by atomic mass is 16.6. The van der Waals surface area contributed by atoms with Crippen LogP contribution in [-0.2, 0) is 9.39 Å². The maximum absolute atomic E-state index is 11.9. The van der Waals surface area contributed by atoms with Gasteiger partial charge < -0.3 is 19.4 Å². The molecule has 0 unspecified atom stereocenters. The van der Waals surface area contributed by atoms with E-state index in [9.17, 15) is 9.90 Å². The van der Waals surface area contributed by atoms with E-state index in [1.807, 2.05) is 40.7 Å². The smallest absolute Gasteiger partial charge is 0.410 e. The number of carbonyl (C=O) groups is 1. The van der Waals surface area contributed by atoms with Gasteiger partial charge in [-0.15, -0.1) is 0 Å². The van der Waals surface area contributed by atoms with E-state index in [1.54, 1.807) is 26.2 Å². The van der Waals surface area contributed by atoms with Gasteiger partial charge in [-0.1, -0.05) is 11.5 Å². The number of amides is 1. The normalized spacial score (nSPS) is 16.8. The number of rotatable bonds is 4. The second-order valence-electron chi connectivity index (χ2n) is 7.44. The summed E-state index contributed by atoms with van der Waals surface area (Å²) in [4.78, 5) is 13.6. The van der Waals surface area contributed by atoms with Gasteiger partial charge in [0.1, 0.15) is 5.60 Å². The average Bonchev–Trinajstić information content (AvgIpc) is 2.71. The molecule has 0 saturated carbocycles. The molecule has 6 heteroatoms. The van der Waals surface area contributed by atoms with Crippen molar-refractivity contribution in [2.75, 3.05) is 13.1 Å². The van der Waals surface area contributed by atoms with Crippen molar-refractivity contribution in [3.8, 4) is 0 Å². The second kappa shape index (κ2) is 6.01. The average molecular weight is 296 g/mol. The lowest BCUT2D eigenvalue weighted by molar-refractivity contribution is -0.0897. The van der Waals surface area contributed by atoms with Gasteiger partial charge in [0.2, 0.25) is 0 Å². The van der Waals surface area contributed by atoms with Gasteiger partial charge in [-0.2, -0.15) is 0 Å². The zero-order valence-electron chi connectivity index (χ0n) is 14.2. The standard InChI is InChI=1S/C15H27BNO4/c1-13(2,3)20-12(18)17-9-8-11(10-17)16-21-15(6,7)14(4,5)19/h8,19H,9-10H2,1-7H3. The lowest BCUT2D eigenvalue weighted by atomic mass is 9.82. The lowest BCUT2D eigenvalue weighted by Gasteiger charge is -2.37. The number of carbonyl (C=O) groups excluding carboxylic acids is 1. The van der Waals surface area contributed by atoms with E-state index in [2.05, 4.69) is 0 Å². The molecule has 1 aliphatic rings. The van der Waals surface area contributed by atoms with Crippen molar-refractivity contribution >= 4 is 13.6 Å². The fraction of sp³-hybridized carbons (Fsp3) is 0.800. The molecule has 0 spiro atoms. The number of ether oxygens (including phenoxy) is 1. The van der Waals surface area contributed by atoms with Gasteiger partial charge in [-0.05, 0) is 48.5 Å². The largest absolute Gasteiger partial charge is 0.444 e. The maximum Gasteiger partial charge on any atom is 0.410 e. The summed E-state index contributed by atoms with van der Waals surface area (Å²) < 4.78 is 11.0. The fourth-order valence-corrected chi connectivity index (χ4v) is 1.50. The molecule has 0 bridgehead atoms. The summed E-state index contributed by atoms with van der Waals surface area (Å²) in [6.07, 6.45) is 1.59. The number of hydrogen-bond donors (Lipinski definition) is 1. The molecule has 0 fully saturated rings. The van der Waals surface area contributed by atoms with Crippen molar-refractivity contribution in [3.63, 3.8) is 0 Å². The maximum atomic E-state index is 11.9. The van der Waals surface area contributed by atoms with E-state index in [4.69, 9.17) is 9.39 Å². The highest BCUT2D eigenvalue weighted by Gasteiger charge is 2.36. The third-order valence-corrected chi connectivity index (χ3v) is 3.58. The quantitative estimate of drug-likeness (QED) is 0.809. The minimum atomic E-state index is -0.965. The highest BCUT2D eigenvalue weighted by molar-refractivity contribution is 6.38. The van der Waals surface area contributed by atoms with Crippen LogP contribution in [0.15, 0.2) is 11.5 Å². The van der Waals surface area contributed by atoms with Crippen molar-refractivity contribution in [1.29, 1.82) is 0 Å². The first-order valence-electron chi connectivity index (χ1n) is 7.22. The predicted molar refractivity (Wildman–Crippen MR) is 83.1 cm³/mol. The molecule has 0 saturated heterocycles. The minimum absolute atomic E-state index is 0.330. The zero-order chi connectivity index (χ0) is 16.5. The summed E-state index contributed by atoms with van der Waals surface area (Å²) in [5, 5.41) is 10.0. The second-order valence-corrected chi connectivity index (χ2v) is 7.44. The SMILES string of the molecule is CC(C)(C)OC(=O)N1CC=C([B]OC(C)(C)C(C)(C)O)C1. The third-order valence-electron chi connectivity index (χ3n) is 3.58. The Balaban J connectivity index is 2.47. The molecule has 0 aromatic carbocycles. The third kappa shape index (κ3) is 5.36. The van der Waals surface area contributed by atoms with Crippen LogP contribution in [0.3, 0.4) is 0 Å². The van der Waals surface area contributed by atoms with Gasteiger partial charge in [-0.25, -0.2) is 4.79 Å². The van der Waals surface area contributed by atoms with Crippen LogP contribution in [0.2, 0.25) is 0 Å². The molecule has 0 aromatic heterocycles. The number of nitrogens with zero attached hydrogens (tertiary/aromatic N) is 1. The summed E-state index contributed by atoms with van der Waals surface area (Å²) in [5.41, 5.74) is -1.28. The van der Waals surface area contributed by atoms with Crippen LogP contribution in [0.5, 0.6) is 0 Å². The Hall–Kier alpha value is -1.01. The van der Waals surface area contributed by atoms with Gasteiger partial charge in [0.05, 0.1) is 11.2 Å². The topological polar surface area (TPSA) is 59.0 Å². The first-order chi connectivity index (χ1) is 9.32. The molecule has 1 heterocycles. The van der Waals surface area contributed by atoms with E-state index in [0.717, 1.165) is 5.47 Å². The lowest BCUT2D eigenvalue weighted by Crippen LogP contribution is -2.48. The molecule has 21 heavy (non-hydrogen) atoms. The van der Waals surface area contributed by atoms with E-state index in [-0.39, 0.29) is 6.09 Å². The van der Waals surface area contributed by atoms with Gasteiger partial charge in [0, 0.05) is 13.1 Å². The Morgan fingerprint density at radius 2 is 1.81 bits per heavy atom. The van der Waals surface area contributed by atoms with Crippen molar-refractivity contribution in [3.05, 3.63) is 11.5 Å². The molecule has 5 nitrogen and oxygen atoms in total. The van der Waals surface area contributed by atoms with Crippen LogP contribution in [0.25, 0.3) is 0 Å². The Bertz CT molecular complexity index is 418. The minimum Gasteiger partial charge on any atom is -0.444 e. The molecule has 119 valence electrons. The van der Waals surface area contributed by atoms with Gasteiger partial charge in [-0.3, -0.25) is 0 Å². The zero-order valence-corrected chi connectivity index (χ0v) is 14.2. The van der Waals surface area contributed by atoms with Crippen LogP contribution in [0.4, 0.5) is 4.79 Å². The van der Waals surface area contributed by atoms with Gasteiger partial charge in [0.15, 0.2) is 0 Å². The van der Waals surface area contributed by atoms with Crippen LogP contribution < -0.4 is 0 Å². The summed E-state index contributed by atoms with van der Waals surface area (Å²) in [6.45, 7) is 13.6. The van der Waals surface area contributed by atoms with Crippen LogP contribution in [0, 0.1) is 0 Å². The van der Waals surface area contributed by atoms with Crippen molar-refractivity contribution in [2.45, 2.75) is 65.3 Å². The Kier molecular flexibility index (Phi) is 5.16. The van der Waals surface area contributed by atoms with E-state index < -0.39 is 16.8 Å². The van der Waals surface area contributed by atoms with Crippen molar-refractivity contribution in [1.82, 2.24) is 4.90 Å². The first-order valence-corrected chi connectivity index (χ1v) is 7.22. The first kappa shape index (κ1) is 18.0. The number of hydrogen-bond acceptors (Lipinski definition) is 4. The van der Waals surface area contributed by atoms with Crippen molar-refractivity contribution < 1.29 is 19.3 Å². The Morgan fingerprint density at radius 1 is 1.24 bits per heavy atom. The number of aliphatic hydroxyl groups is 1. The summed E-state index contributed by atoms with van der Waals surface area (Å²) in [6, 6.07) is 0. The van der Waals surface area contributed by atoms with Crippen LogP contribution >= 0.6 is 0 Å². The summed E-state index contributed by atoms with van der Waals surface area (Å²) in [7, 11) is 1.61. The van der Waals surface area contributed by atoms with Gasteiger partial charge in [0.25, 0.3) is 0 Å².